The molecule has 2 aromatic rings. The van der Waals surface area contributed by atoms with Crippen LogP contribution in [0.15, 0.2) is 66.2 Å². The summed E-state index contributed by atoms with van der Waals surface area (Å²) in [4.78, 5) is 4.41. The maximum atomic E-state index is 4.41. The molecule has 0 radical (unpaired) electrons. The molecule has 0 saturated heterocycles. The lowest BCUT2D eigenvalue weighted by atomic mass is 10.1. The summed E-state index contributed by atoms with van der Waals surface area (Å²) in [6, 6.07) is 18.2. The second kappa shape index (κ2) is 5.26. The highest BCUT2D eigenvalue weighted by Gasteiger charge is 1.95. The molecule has 0 heterocycles. The molecular weight excluding hydrogens is 206 g/mol. The Morgan fingerprint density at radius 2 is 1.65 bits per heavy atom. The molecule has 0 bridgehead atoms. The van der Waals surface area contributed by atoms with E-state index in [4.69, 9.17) is 0 Å². The van der Waals surface area contributed by atoms with Gasteiger partial charge in [0.2, 0.25) is 0 Å². The van der Waals surface area contributed by atoms with Crippen molar-refractivity contribution < 1.29 is 0 Å². The molecule has 0 aliphatic carbocycles. The van der Waals surface area contributed by atoms with E-state index in [1.54, 1.807) is 0 Å². The van der Waals surface area contributed by atoms with Gasteiger partial charge in [-0.25, -0.2) is 0 Å². The molecule has 84 valence electrons. The molecule has 0 saturated carbocycles. The Labute approximate surface area is 102 Å². The summed E-state index contributed by atoms with van der Waals surface area (Å²) >= 11 is 0. The highest BCUT2D eigenvalue weighted by molar-refractivity contribution is 5.86. The molecule has 0 unspecified atom stereocenters. The van der Waals surface area contributed by atoms with Crippen LogP contribution >= 0.6 is 0 Å². The topological polar surface area (TPSA) is 12.4 Å². The lowest BCUT2D eigenvalue weighted by Crippen LogP contribution is -1.86. The average molecular weight is 221 g/mol. The summed E-state index contributed by atoms with van der Waals surface area (Å²) < 4.78 is 0. The number of hydrogen-bond acceptors (Lipinski definition) is 1. The van der Waals surface area contributed by atoms with Gasteiger partial charge in [0.1, 0.15) is 0 Å². The Morgan fingerprint density at radius 3 is 2.35 bits per heavy atom. The highest BCUT2D eigenvalue weighted by atomic mass is 14.7. The van der Waals surface area contributed by atoms with Crippen LogP contribution in [0.5, 0.6) is 0 Å². The van der Waals surface area contributed by atoms with E-state index in [-0.39, 0.29) is 0 Å². The molecule has 0 aliphatic rings. The standard InChI is InChI=1S/C16H15N/c1-13-8-6-7-11-16(13)12-17-14(2)15-9-4-3-5-10-15/h3-12H,2H2,1H3/b17-12-. The van der Waals surface area contributed by atoms with Crippen LogP contribution in [0.2, 0.25) is 0 Å². The molecule has 2 aromatic carbocycles. The van der Waals surface area contributed by atoms with Crippen LogP contribution in [-0.4, -0.2) is 6.21 Å². The number of aliphatic imine (C=N–C) groups is 1. The van der Waals surface area contributed by atoms with E-state index < -0.39 is 0 Å². The maximum Gasteiger partial charge on any atom is 0.0630 e. The van der Waals surface area contributed by atoms with Crippen LogP contribution in [0.3, 0.4) is 0 Å². The predicted octanol–water partition coefficient (Wildman–Crippen LogP) is 4.08. The fourth-order valence-electron chi connectivity index (χ4n) is 1.58. The van der Waals surface area contributed by atoms with E-state index in [0.29, 0.717) is 0 Å². The first-order valence-corrected chi connectivity index (χ1v) is 5.61. The van der Waals surface area contributed by atoms with E-state index in [9.17, 15) is 0 Å². The molecule has 0 fully saturated rings. The Hall–Kier alpha value is -2.15. The van der Waals surface area contributed by atoms with Gasteiger partial charge in [0.15, 0.2) is 0 Å². The van der Waals surface area contributed by atoms with Gasteiger partial charge in [-0.3, -0.25) is 4.99 Å². The average Bonchev–Trinajstić information content (AvgIpc) is 2.38. The van der Waals surface area contributed by atoms with Crippen molar-refractivity contribution >= 4 is 11.9 Å². The minimum atomic E-state index is 0.786. The van der Waals surface area contributed by atoms with Crippen molar-refractivity contribution in [1.82, 2.24) is 0 Å². The van der Waals surface area contributed by atoms with Gasteiger partial charge in [-0.1, -0.05) is 61.2 Å². The van der Waals surface area contributed by atoms with Crippen molar-refractivity contribution in [3.63, 3.8) is 0 Å². The van der Waals surface area contributed by atoms with Gasteiger partial charge >= 0.3 is 0 Å². The largest absolute Gasteiger partial charge is 0.256 e. The van der Waals surface area contributed by atoms with E-state index in [1.165, 1.54) is 5.56 Å². The van der Waals surface area contributed by atoms with Crippen molar-refractivity contribution in [2.24, 2.45) is 4.99 Å². The SMILES string of the molecule is C=C(/N=C\c1ccccc1C)c1ccccc1. The van der Waals surface area contributed by atoms with Crippen molar-refractivity contribution in [1.29, 1.82) is 0 Å². The Balaban J connectivity index is 2.17. The predicted molar refractivity (Wildman–Crippen MR) is 74.2 cm³/mol. The van der Waals surface area contributed by atoms with Gasteiger partial charge in [0.25, 0.3) is 0 Å². The van der Waals surface area contributed by atoms with E-state index >= 15 is 0 Å². The fourth-order valence-corrected chi connectivity index (χ4v) is 1.58. The molecular formula is C16H15N. The number of aryl methyl sites for hydroxylation is 1. The van der Waals surface area contributed by atoms with Gasteiger partial charge in [-0.2, -0.15) is 0 Å². The first-order chi connectivity index (χ1) is 8.27. The first kappa shape index (κ1) is 11.3. The molecule has 0 spiro atoms. The summed E-state index contributed by atoms with van der Waals surface area (Å²) in [6.45, 7) is 6.05. The molecule has 1 heteroatoms. The van der Waals surface area contributed by atoms with E-state index in [1.807, 2.05) is 48.7 Å². The molecule has 0 N–H and O–H groups in total. The summed E-state index contributed by atoms with van der Waals surface area (Å²) in [5.74, 6) is 0. The molecule has 0 aromatic heterocycles. The summed E-state index contributed by atoms with van der Waals surface area (Å²) in [5, 5.41) is 0. The minimum Gasteiger partial charge on any atom is -0.256 e. The fraction of sp³-hybridized carbons (Fsp3) is 0.0625. The third-order valence-electron chi connectivity index (χ3n) is 2.65. The molecule has 2 rings (SSSR count). The summed E-state index contributed by atoms with van der Waals surface area (Å²) in [5.41, 5.74) is 4.19. The van der Waals surface area contributed by atoms with Crippen LogP contribution in [-0.2, 0) is 0 Å². The van der Waals surface area contributed by atoms with Gasteiger partial charge < -0.3 is 0 Å². The zero-order valence-electron chi connectivity index (χ0n) is 9.93. The van der Waals surface area contributed by atoms with Crippen molar-refractivity contribution in [2.45, 2.75) is 6.92 Å². The zero-order valence-corrected chi connectivity index (χ0v) is 9.93. The third-order valence-corrected chi connectivity index (χ3v) is 2.65. The third kappa shape index (κ3) is 2.91. The number of rotatable bonds is 3. The summed E-state index contributed by atoms with van der Waals surface area (Å²) in [7, 11) is 0. The number of nitrogens with zero attached hydrogens (tertiary/aromatic N) is 1. The van der Waals surface area contributed by atoms with E-state index in [0.717, 1.165) is 16.8 Å². The van der Waals surface area contributed by atoms with Gasteiger partial charge in [-0.05, 0) is 23.6 Å². The van der Waals surface area contributed by atoms with Gasteiger partial charge in [-0.15, -0.1) is 0 Å². The normalized spacial score (nSPS) is 10.6. The lowest BCUT2D eigenvalue weighted by Gasteiger charge is -2.00. The Bertz CT molecular complexity index is 538. The molecule has 0 atom stereocenters. The highest BCUT2D eigenvalue weighted by Crippen LogP contribution is 2.13. The van der Waals surface area contributed by atoms with Crippen molar-refractivity contribution in [3.05, 3.63) is 77.9 Å². The smallest absolute Gasteiger partial charge is 0.0630 e. The van der Waals surface area contributed by atoms with Crippen LogP contribution in [0.1, 0.15) is 16.7 Å². The van der Waals surface area contributed by atoms with Crippen LogP contribution in [0.4, 0.5) is 0 Å². The quantitative estimate of drug-likeness (QED) is 0.692. The number of benzene rings is 2. The minimum absolute atomic E-state index is 0.786. The Kier molecular flexibility index (Phi) is 3.51. The summed E-state index contributed by atoms with van der Waals surface area (Å²) in [6.07, 6.45) is 1.87. The zero-order chi connectivity index (χ0) is 12.1. The van der Waals surface area contributed by atoms with Crippen molar-refractivity contribution in [3.8, 4) is 0 Å². The molecule has 1 nitrogen and oxygen atoms in total. The van der Waals surface area contributed by atoms with Gasteiger partial charge in [0, 0.05) is 6.21 Å². The monoisotopic (exact) mass is 221 g/mol. The van der Waals surface area contributed by atoms with Gasteiger partial charge in [0.05, 0.1) is 5.70 Å². The first-order valence-electron chi connectivity index (χ1n) is 5.61. The van der Waals surface area contributed by atoms with Crippen molar-refractivity contribution in [2.75, 3.05) is 0 Å². The number of hydrogen-bond donors (Lipinski definition) is 0. The van der Waals surface area contributed by atoms with E-state index in [2.05, 4.69) is 30.6 Å². The van der Waals surface area contributed by atoms with Crippen LogP contribution in [0.25, 0.3) is 5.70 Å². The lowest BCUT2D eigenvalue weighted by molar-refractivity contribution is 1.44. The Morgan fingerprint density at radius 1 is 1.00 bits per heavy atom. The molecule has 17 heavy (non-hydrogen) atoms. The van der Waals surface area contributed by atoms with Crippen LogP contribution in [0, 0.1) is 6.92 Å². The second-order valence-corrected chi connectivity index (χ2v) is 3.93. The molecule has 0 aliphatic heterocycles. The van der Waals surface area contributed by atoms with Crippen LogP contribution < -0.4 is 0 Å². The second-order valence-electron chi connectivity index (χ2n) is 3.93. The molecule has 0 amide bonds. The maximum absolute atomic E-state index is 4.41.